The molecular formula is C12H16O4. The minimum absolute atomic E-state index is 0.0259. The van der Waals surface area contributed by atoms with Gasteiger partial charge in [0.2, 0.25) is 0 Å². The SMILES string of the molecule is CCC(C)Oc1cc(C(=O)O)ccc1OC. The molecule has 0 saturated heterocycles. The van der Waals surface area contributed by atoms with Gasteiger partial charge in [0.25, 0.3) is 0 Å². The van der Waals surface area contributed by atoms with Gasteiger partial charge in [-0.1, -0.05) is 6.92 Å². The lowest BCUT2D eigenvalue weighted by atomic mass is 10.2. The molecule has 0 fully saturated rings. The lowest BCUT2D eigenvalue weighted by molar-refractivity contribution is 0.0696. The molecule has 0 aliphatic rings. The maximum absolute atomic E-state index is 10.8. The molecule has 1 aromatic carbocycles. The third kappa shape index (κ3) is 2.89. The van der Waals surface area contributed by atoms with Crippen molar-refractivity contribution in [2.75, 3.05) is 7.11 Å². The largest absolute Gasteiger partial charge is 0.493 e. The smallest absolute Gasteiger partial charge is 0.335 e. The zero-order chi connectivity index (χ0) is 12.1. The normalized spacial score (nSPS) is 11.9. The van der Waals surface area contributed by atoms with Crippen LogP contribution < -0.4 is 9.47 Å². The van der Waals surface area contributed by atoms with Crippen LogP contribution in [0.2, 0.25) is 0 Å². The third-order valence-electron chi connectivity index (χ3n) is 2.31. The Kier molecular flexibility index (Phi) is 4.17. The Bertz CT molecular complexity index is 373. The quantitative estimate of drug-likeness (QED) is 0.835. The van der Waals surface area contributed by atoms with Crippen molar-refractivity contribution >= 4 is 5.97 Å². The first kappa shape index (κ1) is 12.4. The van der Waals surface area contributed by atoms with Gasteiger partial charge in [-0.2, -0.15) is 0 Å². The van der Waals surface area contributed by atoms with Crippen molar-refractivity contribution in [2.45, 2.75) is 26.4 Å². The molecule has 0 aromatic heterocycles. The fourth-order valence-corrected chi connectivity index (χ4v) is 1.20. The molecular weight excluding hydrogens is 208 g/mol. The average molecular weight is 224 g/mol. The van der Waals surface area contributed by atoms with E-state index in [2.05, 4.69) is 0 Å². The molecule has 0 saturated carbocycles. The number of rotatable bonds is 5. The molecule has 0 radical (unpaired) electrons. The highest BCUT2D eigenvalue weighted by Crippen LogP contribution is 2.29. The van der Waals surface area contributed by atoms with E-state index < -0.39 is 5.97 Å². The molecule has 0 spiro atoms. The Balaban J connectivity index is 3.02. The Morgan fingerprint density at radius 3 is 2.62 bits per heavy atom. The summed E-state index contributed by atoms with van der Waals surface area (Å²) in [5, 5.41) is 8.87. The van der Waals surface area contributed by atoms with Crippen molar-refractivity contribution in [1.29, 1.82) is 0 Å². The van der Waals surface area contributed by atoms with Crippen molar-refractivity contribution < 1.29 is 19.4 Å². The zero-order valence-corrected chi connectivity index (χ0v) is 9.69. The summed E-state index contributed by atoms with van der Waals surface area (Å²) in [4.78, 5) is 10.8. The molecule has 4 heteroatoms. The van der Waals surface area contributed by atoms with Crippen LogP contribution in [0.4, 0.5) is 0 Å². The van der Waals surface area contributed by atoms with Crippen LogP contribution in [-0.2, 0) is 0 Å². The topological polar surface area (TPSA) is 55.8 Å². The Labute approximate surface area is 94.8 Å². The highest BCUT2D eigenvalue weighted by atomic mass is 16.5. The van der Waals surface area contributed by atoms with Gasteiger partial charge in [0.1, 0.15) is 0 Å². The second-order valence-electron chi connectivity index (χ2n) is 3.51. The van der Waals surface area contributed by atoms with Crippen LogP contribution in [0.3, 0.4) is 0 Å². The summed E-state index contributed by atoms with van der Waals surface area (Å²) in [5.74, 6) is 0.0405. The molecule has 1 unspecified atom stereocenters. The number of carboxylic acids is 1. The predicted octanol–water partition coefficient (Wildman–Crippen LogP) is 2.57. The lowest BCUT2D eigenvalue weighted by Crippen LogP contribution is -2.11. The first-order valence-electron chi connectivity index (χ1n) is 5.16. The highest BCUT2D eigenvalue weighted by Gasteiger charge is 2.11. The summed E-state index contributed by atoms with van der Waals surface area (Å²) >= 11 is 0. The molecule has 0 heterocycles. The molecule has 1 atom stereocenters. The first-order chi connectivity index (χ1) is 7.58. The van der Waals surface area contributed by atoms with Gasteiger partial charge >= 0.3 is 5.97 Å². The summed E-state index contributed by atoms with van der Waals surface area (Å²) in [5.41, 5.74) is 0.194. The van der Waals surface area contributed by atoms with Crippen molar-refractivity contribution in [3.63, 3.8) is 0 Å². The van der Waals surface area contributed by atoms with E-state index in [0.29, 0.717) is 11.5 Å². The number of methoxy groups -OCH3 is 1. The van der Waals surface area contributed by atoms with Crippen LogP contribution in [-0.4, -0.2) is 24.3 Å². The molecule has 88 valence electrons. The second-order valence-corrected chi connectivity index (χ2v) is 3.51. The van der Waals surface area contributed by atoms with Gasteiger partial charge in [0.15, 0.2) is 11.5 Å². The van der Waals surface area contributed by atoms with E-state index in [1.807, 2.05) is 13.8 Å². The molecule has 4 nitrogen and oxygen atoms in total. The molecule has 16 heavy (non-hydrogen) atoms. The maximum Gasteiger partial charge on any atom is 0.335 e. The van der Waals surface area contributed by atoms with Crippen LogP contribution in [0.5, 0.6) is 11.5 Å². The number of ether oxygens (including phenoxy) is 2. The van der Waals surface area contributed by atoms with Gasteiger partial charge in [0, 0.05) is 0 Å². The molecule has 0 aliphatic heterocycles. The van der Waals surface area contributed by atoms with Crippen molar-refractivity contribution in [3.05, 3.63) is 23.8 Å². The van der Waals surface area contributed by atoms with Gasteiger partial charge < -0.3 is 14.6 Å². The second kappa shape index (κ2) is 5.39. The fourth-order valence-electron chi connectivity index (χ4n) is 1.20. The summed E-state index contributed by atoms with van der Waals surface area (Å²) in [6.07, 6.45) is 0.874. The number of carboxylic acid groups (broad SMARTS) is 1. The summed E-state index contributed by atoms with van der Waals surface area (Å²) < 4.78 is 10.7. The number of aromatic carboxylic acids is 1. The van der Waals surface area contributed by atoms with E-state index in [9.17, 15) is 4.79 Å². The monoisotopic (exact) mass is 224 g/mol. The van der Waals surface area contributed by atoms with Crippen LogP contribution in [0.25, 0.3) is 0 Å². The summed E-state index contributed by atoms with van der Waals surface area (Å²) in [6, 6.07) is 4.57. The van der Waals surface area contributed by atoms with Gasteiger partial charge in [-0.15, -0.1) is 0 Å². The van der Waals surface area contributed by atoms with E-state index in [1.165, 1.54) is 19.2 Å². The van der Waals surface area contributed by atoms with Crippen LogP contribution >= 0.6 is 0 Å². The minimum Gasteiger partial charge on any atom is -0.493 e. The molecule has 0 bridgehead atoms. The minimum atomic E-state index is -0.975. The van der Waals surface area contributed by atoms with E-state index in [1.54, 1.807) is 6.07 Å². The number of hydrogen-bond donors (Lipinski definition) is 1. The van der Waals surface area contributed by atoms with Crippen LogP contribution in [0.15, 0.2) is 18.2 Å². The third-order valence-corrected chi connectivity index (χ3v) is 2.31. The van der Waals surface area contributed by atoms with E-state index in [4.69, 9.17) is 14.6 Å². The van der Waals surface area contributed by atoms with Crippen LogP contribution in [0.1, 0.15) is 30.6 Å². The highest BCUT2D eigenvalue weighted by molar-refractivity contribution is 5.88. The Morgan fingerprint density at radius 1 is 1.44 bits per heavy atom. The zero-order valence-electron chi connectivity index (χ0n) is 9.69. The molecule has 1 rings (SSSR count). The Hall–Kier alpha value is -1.71. The molecule has 1 aromatic rings. The van der Waals surface area contributed by atoms with Gasteiger partial charge in [-0.05, 0) is 31.5 Å². The predicted molar refractivity (Wildman–Crippen MR) is 60.3 cm³/mol. The standard InChI is InChI=1S/C12H16O4/c1-4-8(2)16-11-7-9(12(13)14)5-6-10(11)15-3/h5-8H,4H2,1-3H3,(H,13,14). The van der Waals surface area contributed by atoms with E-state index >= 15 is 0 Å². The Morgan fingerprint density at radius 2 is 2.12 bits per heavy atom. The van der Waals surface area contributed by atoms with Crippen molar-refractivity contribution in [3.8, 4) is 11.5 Å². The summed E-state index contributed by atoms with van der Waals surface area (Å²) in [7, 11) is 1.53. The first-order valence-corrected chi connectivity index (χ1v) is 5.16. The van der Waals surface area contributed by atoms with Crippen molar-refractivity contribution in [1.82, 2.24) is 0 Å². The molecule has 0 aliphatic carbocycles. The van der Waals surface area contributed by atoms with Gasteiger partial charge in [-0.25, -0.2) is 4.79 Å². The maximum atomic E-state index is 10.8. The van der Waals surface area contributed by atoms with E-state index in [0.717, 1.165) is 6.42 Å². The van der Waals surface area contributed by atoms with Crippen molar-refractivity contribution in [2.24, 2.45) is 0 Å². The molecule has 0 amide bonds. The number of carbonyl (C=O) groups is 1. The fraction of sp³-hybridized carbons (Fsp3) is 0.417. The van der Waals surface area contributed by atoms with Gasteiger partial charge in [-0.3, -0.25) is 0 Å². The van der Waals surface area contributed by atoms with Crippen LogP contribution in [0, 0.1) is 0 Å². The molecule has 1 N–H and O–H groups in total. The average Bonchev–Trinajstić information content (AvgIpc) is 2.28. The van der Waals surface area contributed by atoms with E-state index in [-0.39, 0.29) is 11.7 Å². The lowest BCUT2D eigenvalue weighted by Gasteiger charge is -2.15. The number of benzene rings is 1. The summed E-state index contributed by atoms with van der Waals surface area (Å²) in [6.45, 7) is 3.92. The van der Waals surface area contributed by atoms with Gasteiger partial charge in [0.05, 0.1) is 18.8 Å². The number of hydrogen-bond acceptors (Lipinski definition) is 3.